The lowest BCUT2D eigenvalue weighted by Crippen LogP contribution is -2.14. The van der Waals surface area contributed by atoms with E-state index in [9.17, 15) is 4.79 Å². The zero-order valence-corrected chi connectivity index (χ0v) is 11.2. The molecule has 0 fully saturated rings. The molecule has 0 unspecified atom stereocenters. The molecule has 3 N–H and O–H groups in total. The van der Waals surface area contributed by atoms with Gasteiger partial charge in [0, 0.05) is 17.0 Å². The quantitative estimate of drug-likeness (QED) is 0.854. The molecule has 0 aliphatic carbocycles. The number of H-pyrrole nitrogens is 1. The Balaban J connectivity index is 2.60. The molecule has 0 saturated heterocycles. The second kappa shape index (κ2) is 5.75. The summed E-state index contributed by atoms with van der Waals surface area (Å²) >= 11 is 0. The molecule has 19 heavy (non-hydrogen) atoms. The van der Waals surface area contributed by atoms with Crippen molar-refractivity contribution in [1.82, 2.24) is 4.98 Å². The second-order valence-electron chi connectivity index (χ2n) is 4.31. The molecule has 0 amide bonds. The van der Waals surface area contributed by atoms with E-state index < -0.39 is 0 Å². The number of aromatic nitrogens is 1. The van der Waals surface area contributed by atoms with E-state index in [4.69, 9.17) is 15.2 Å². The maximum atomic E-state index is 12.0. The number of hydrogen-bond donors (Lipinski definition) is 2. The van der Waals surface area contributed by atoms with Gasteiger partial charge in [-0.25, -0.2) is 0 Å². The summed E-state index contributed by atoms with van der Waals surface area (Å²) in [4.78, 5) is 14.8. The van der Waals surface area contributed by atoms with E-state index in [1.165, 1.54) is 0 Å². The van der Waals surface area contributed by atoms with Gasteiger partial charge in [0.25, 0.3) is 5.56 Å². The number of nitrogens with two attached hydrogens (primary N) is 1. The van der Waals surface area contributed by atoms with Gasteiger partial charge in [0.1, 0.15) is 11.5 Å². The summed E-state index contributed by atoms with van der Waals surface area (Å²) in [5.41, 5.74) is 6.80. The van der Waals surface area contributed by atoms with Crippen molar-refractivity contribution >= 4 is 10.9 Å². The lowest BCUT2D eigenvalue weighted by Gasteiger charge is -2.09. The minimum atomic E-state index is -0.0931. The first kappa shape index (κ1) is 13.4. The summed E-state index contributed by atoms with van der Waals surface area (Å²) in [7, 11) is 3.16. The molecule has 1 aromatic heterocycles. The first-order valence-corrected chi connectivity index (χ1v) is 6.17. The summed E-state index contributed by atoms with van der Waals surface area (Å²) in [6.45, 7) is 0.568. The fourth-order valence-corrected chi connectivity index (χ4v) is 2.06. The molecular formula is C14H18N2O3. The number of pyridine rings is 1. The average molecular weight is 262 g/mol. The average Bonchev–Trinajstić information content (AvgIpc) is 2.44. The van der Waals surface area contributed by atoms with Crippen molar-refractivity contribution in [2.75, 3.05) is 20.8 Å². The molecule has 0 bridgehead atoms. The summed E-state index contributed by atoms with van der Waals surface area (Å²) in [6, 6.07) is 5.49. The first-order valence-electron chi connectivity index (χ1n) is 6.17. The molecule has 0 aliphatic rings. The maximum Gasteiger partial charge on any atom is 0.251 e. The zero-order chi connectivity index (χ0) is 13.8. The van der Waals surface area contributed by atoms with Crippen molar-refractivity contribution in [3.05, 3.63) is 34.1 Å². The lowest BCUT2D eigenvalue weighted by molar-refractivity contribution is 0.397. The molecule has 2 rings (SSSR count). The van der Waals surface area contributed by atoms with Crippen molar-refractivity contribution in [2.24, 2.45) is 5.73 Å². The molecule has 5 heteroatoms. The number of ether oxygens (including phenoxy) is 2. The van der Waals surface area contributed by atoms with Gasteiger partial charge in [-0.1, -0.05) is 0 Å². The van der Waals surface area contributed by atoms with Crippen molar-refractivity contribution in [1.29, 1.82) is 0 Å². The van der Waals surface area contributed by atoms with E-state index in [-0.39, 0.29) is 5.56 Å². The Hall–Kier alpha value is -2.01. The highest BCUT2D eigenvalue weighted by Gasteiger charge is 2.09. The molecule has 1 heterocycles. The van der Waals surface area contributed by atoms with Crippen LogP contribution in [0.15, 0.2) is 23.0 Å². The first-order chi connectivity index (χ1) is 9.19. The van der Waals surface area contributed by atoms with Gasteiger partial charge in [0.15, 0.2) is 0 Å². The summed E-state index contributed by atoms with van der Waals surface area (Å²) in [5, 5.41) is 0.892. The van der Waals surface area contributed by atoms with E-state index in [0.717, 1.165) is 17.4 Å². The van der Waals surface area contributed by atoms with Crippen LogP contribution in [0.5, 0.6) is 11.5 Å². The fourth-order valence-electron chi connectivity index (χ4n) is 2.06. The zero-order valence-electron chi connectivity index (χ0n) is 11.2. The van der Waals surface area contributed by atoms with Crippen LogP contribution in [-0.4, -0.2) is 25.7 Å². The van der Waals surface area contributed by atoms with Crippen LogP contribution < -0.4 is 20.8 Å². The van der Waals surface area contributed by atoms with Crippen LogP contribution in [0.1, 0.15) is 12.0 Å². The molecule has 5 nitrogen and oxygen atoms in total. The number of hydrogen-bond acceptors (Lipinski definition) is 4. The lowest BCUT2D eigenvalue weighted by atomic mass is 10.1. The standard InChI is InChI=1S/C14H18N2O3/c1-18-11-7-10-6-9(4-3-5-15)14(17)16-13(10)12(8-11)19-2/h6-8H,3-5,15H2,1-2H3,(H,16,17). The third kappa shape index (κ3) is 2.71. The third-order valence-electron chi connectivity index (χ3n) is 3.07. The second-order valence-corrected chi connectivity index (χ2v) is 4.31. The number of fused-ring (bicyclic) bond motifs is 1. The molecule has 102 valence electrons. The van der Waals surface area contributed by atoms with Crippen molar-refractivity contribution < 1.29 is 9.47 Å². The van der Waals surface area contributed by atoms with Crippen LogP contribution in [0, 0.1) is 0 Å². The molecule has 0 saturated carbocycles. The Bertz CT molecular complexity index is 634. The van der Waals surface area contributed by atoms with Crippen LogP contribution in [0.2, 0.25) is 0 Å². The van der Waals surface area contributed by atoms with E-state index >= 15 is 0 Å². The van der Waals surface area contributed by atoms with Gasteiger partial charge in [0.2, 0.25) is 0 Å². The van der Waals surface area contributed by atoms with Crippen molar-refractivity contribution in [3.63, 3.8) is 0 Å². The van der Waals surface area contributed by atoms with Crippen molar-refractivity contribution in [2.45, 2.75) is 12.8 Å². The number of aromatic amines is 1. The number of nitrogens with one attached hydrogen (secondary N) is 1. The number of methoxy groups -OCH3 is 2. The highest BCUT2D eigenvalue weighted by molar-refractivity contribution is 5.86. The van der Waals surface area contributed by atoms with Gasteiger partial charge in [-0.05, 0) is 31.5 Å². The van der Waals surface area contributed by atoms with E-state index in [1.807, 2.05) is 12.1 Å². The minimum absolute atomic E-state index is 0.0931. The van der Waals surface area contributed by atoms with Gasteiger partial charge >= 0.3 is 0 Å². The van der Waals surface area contributed by atoms with E-state index in [1.54, 1.807) is 20.3 Å². The SMILES string of the molecule is COc1cc(OC)c2[nH]c(=O)c(CCCN)cc2c1. The van der Waals surface area contributed by atoms with Crippen LogP contribution in [0.3, 0.4) is 0 Å². The molecule has 0 aliphatic heterocycles. The molecule has 2 aromatic rings. The largest absolute Gasteiger partial charge is 0.497 e. The molecule has 0 radical (unpaired) electrons. The highest BCUT2D eigenvalue weighted by Crippen LogP contribution is 2.29. The third-order valence-corrected chi connectivity index (χ3v) is 3.07. The van der Waals surface area contributed by atoms with Crippen molar-refractivity contribution in [3.8, 4) is 11.5 Å². The van der Waals surface area contributed by atoms with Crippen LogP contribution >= 0.6 is 0 Å². The predicted octanol–water partition coefficient (Wildman–Crippen LogP) is 1.44. The Morgan fingerprint density at radius 1 is 1.21 bits per heavy atom. The van der Waals surface area contributed by atoms with Gasteiger partial charge < -0.3 is 20.2 Å². The molecule has 0 atom stereocenters. The topological polar surface area (TPSA) is 77.3 Å². The summed E-state index contributed by atoms with van der Waals surface area (Å²) < 4.78 is 10.5. The number of rotatable bonds is 5. The minimum Gasteiger partial charge on any atom is -0.497 e. The maximum absolute atomic E-state index is 12.0. The van der Waals surface area contributed by atoms with Gasteiger partial charge in [0.05, 0.1) is 19.7 Å². The van der Waals surface area contributed by atoms with Gasteiger partial charge in [-0.3, -0.25) is 4.79 Å². The normalized spacial score (nSPS) is 10.7. The Morgan fingerprint density at radius 2 is 2.00 bits per heavy atom. The molecule has 0 spiro atoms. The number of aryl methyl sites for hydroxylation is 1. The fraction of sp³-hybridized carbons (Fsp3) is 0.357. The molecule has 1 aromatic carbocycles. The van der Waals surface area contributed by atoms with Crippen LogP contribution in [-0.2, 0) is 6.42 Å². The monoisotopic (exact) mass is 262 g/mol. The van der Waals surface area contributed by atoms with E-state index in [2.05, 4.69) is 4.98 Å². The van der Waals surface area contributed by atoms with Crippen LogP contribution in [0.25, 0.3) is 10.9 Å². The summed E-state index contributed by atoms with van der Waals surface area (Å²) in [5.74, 6) is 1.29. The Morgan fingerprint density at radius 3 is 2.63 bits per heavy atom. The Labute approximate surface area is 111 Å². The van der Waals surface area contributed by atoms with Gasteiger partial charge in [-0.15, -0.1) is 0 Å². The van der Waals surface area contributed by atoms with Crippen LogP contribution in [0.4, 0.5) is 0 Å². The number of benzene rings is 1. The smallest absolute Gasteiger partial charge is 0.251 e. The predicted molar refractivity (Wildman–Crippen MR) is 75.0 cm³/mol. The summed E-state index contributed by atoms with van der Waals surface area (Å²) in [6.07, 6.45) is 1.46. The molecular weight excluding hydrogens is 244 g/mol. The van der Waals surface area contributed by atoms with E-state index in [0.29, 0.717) is 30.0 Å². The Kier molecular flexibility index (Phi) is 4.06. The van der Waals surface area contributed by atoms with Gasteiger partial charge in [-0.2, -0.15) is 0 Å². The highest BCUT2D eigenvalue weighted by atomic mass is 16.5.